The van der Waals surface area contributed by atoms with Crippen LogP contribution in [0.25, 0.3) is 0 Å². The van der Waals surface area contributed by atoms with Crippen LogP contribution in [-0.2, 0) is 42.4 Å². The quantitative estimate of drug-likeness (QED) is 0.133. The Hall–Kier alpha value is -4.15. The second-order valence-corrected chi connectivity index (χ2v) is 19.7. The van der Waals surface area contributed by atoms with Crippen molar-refractivity contribution in [1.82, 2.24) is 20.3 Å². The molecule has 15 heteroatoms. The van der Waals surface area contributed by atoms with Gasteiger partial charge in [0.1, 0.15) is 5.54 Å². The number of hydrogen-bond donors (Lipinski definition) is 3. The maximum atomic E-state index is 15.0. The summed E-state index contributed by atoms with van der Waals surface area (Å²) in [5.74, 6) is -0.827. The molecule has 0 bridgehead atoms. The highest BCUT2D eigenvalue weighted by molar-refractivity contribution is 6.71. The van der Waals surface area contributed by atoms with E-state index in [1.54, 1.807) is 15.8 Å². The lowest BCUT2D eigenvalue weighted by atomic mass is 9.82. The molecule has 1 aromatic heterocycles. The molecule has 14 nitrogen and oxygen atoms in total. The van der Waals surface area contributed by atoms with E-state index < -0.39 is 25.6 Å². The molecule has 290 valence electrons. The summed E-state index contributed by atoms with van der Waals surface area (Å²) in [6.45, 7) is 8.48. The number of piperidine rings is 1. The summed E-state index contributed by atoms with van der Waals surface area (Å²) in [5.41, 5.74) is 1.42. The first-order valence-electron chi connectivity index (χ1n) is 19.2. The number of aliphatic hydroxyl groups excluding tert-OH is 1. The van der Waals surface area contributed by atoms with Gasteiger partial charge in [0.2, 0.25) is 0 Å². The summed E-state index contributed by atoms with van der Waals surface area (Å²) in [6.07, 6.45) is 4.99. The standard InChI is InChI=1S/C39H53N7O7Si/c1-27-35(54(3,4)51)33(15-22-43-25-28(16-23-47)41-42-43)53-39(27)31-24-30(13-14-32(31)44(37(39)50)21-9-8-12-34(48)52-2)45-26-46(29-10-6-5-7-11-29)38(36(45)49)17-19-40-20-18-38/h5-7,10-11,13-14,24-25,27,33,35,40,47,51H,8-9,12,15-23,26H2,1-4H3/t27-,33+,35-,39+/m1/s1. The van der Waals surface area contributed by atoms with Crippen LogP contribution in [-0.4, -0.2) is 103 Å². The predicted molar refractivity (Wildman–Crippen MR) is 205 cm³/mol. The first-order chi connectivity index (χ1) is 25.9. The summed E-state index contributed by atoms with van der Waals surface area (Å²) < 4.78 is 13.7. The van der Waals surface area contributed by atoms with Crippen molar-refractivity contribution in [3.63, 3.8) is 0 Å². The molecule has 7 rings (SSSR count). The summed E-state index contributed by atoms with van der Waals surface area (Å²) in [6, 6.07) is 15.9. The number of anilines is 3. The number of rotatable bonds is 13. The van der Waals surface area contributed by atoms with Gasteiger partial charge in [-0.25, -0.2) is 0 Å². The monoisotopic (exact) mass is 759 g/mol. The van der Waals surface area contributed by atoms with E-state index >= 15 is 4.79 Å². The number of unbranched alkanes of at least 4 members (excludes halogenated alkanes) is 1. The molecule has 3 N–H and O–H groups in total. The lowest BCUT2D eigenvalue weighted by molar-refractivity contribution is -0.146. The number of aromatic nitrogens is 3. The molecule has 2 amide bonds. The average Bonchev–Trinajstić information content (AvgIpc) is 3.88. The predicted octanol–water partition coefficient (Wildman–Crippen LogP) is 3.32. The third kappa shape index (κ3) is 6.63. The van der Waals surface area contributed by atoms with E-state index in [0.717, 1.165) is 24.5 Å². The van der Waals surface area contributed by atoms with E-state index in [9.17, 15) is 19.5 Å². The Kier molecular flexibility index (Phi) is 10.7. The number of methoxy groups -OCH3 is 1. The number of amides is 2. The molecular weight excluding hydrogens is 707 g/mol. The molecule has 0 unspecified atom stereocenters. The highest BCUT2D eigenvalue weighted by atomic mass is 28.4. The number of aliphatic hydroxyl groups is 1. The van der Waals surface area contributed by atoms with Crippen LogP contribution in [0.15, 0.2) is 54.7 Å². The molecule has 2 aromatic carbocycles. The molecule has 5 heterocycles. The van der Waals surface area contributed by atoms with Gasteiger partial charge in [-0.15, -0.1) is 5.10 Å². The maximum absolute atomic E-state index is 15.0. The van der Waals surface area contributed by atoms with Crippen molar-refractivity contribution >= 4 is 43.2 Å². The second kappa shape index (κ2) is 15.2. The smallest absolute Gasteiger partial charge is 0.305 e. The minimum atomic E-state index is -2.94. The maximum Gasteiger partial charge on any atom is 0.305 e. The van der Waals surface area contributed by atoms with Crippen LogP contribution in [0.2, 0.25) is 18.6 Å². The van der Waals surface area contributed by atoms with Gasteiger partial charge in [0.25, 0.3) is 11.8 Å². The Bertz CT molecular complexity index is 1850. The molecule has 54 heavy (non-hydrogen) atoms. The highest BCUT2D eigenvalue weighted by Gasteiger charge is 2.66. The Morgan fingerprint density at radius 2 is 1.81 bits per heavy atom. The van der Waals surface area contributed by atoms with Crippen LogP contribution in [0, 0.1) is 5.92 Å². The molecule has 3 fully saturated rings. The second-order valence-electron chi connectivity index (χ2n) is 15.7. The van der Waals surface area contributed by atoms with E-state index in [0.29, 0.717) is 75.2 Å². The van der Waals surface area contributed by atoms with Gasteiger partial charge in [-0.2, -0.15) is 0 Å². The van der Waals surface area contributed by atoms with Gasteiger partial charge in [-0.1, -0.05) is 30.3 Å². The van der Waals surface area contributed by atoms with Crippen LogP contribution in [0.5, 0.6) is 0 Å². The number of para-hydroxylation sites is 1. The van der Waals surface area contributed by atoms with Gasteiger partial charge in [0.05, 0.1) is 31.3 Å². The first kappa shape index (κ1) is 38.1. The molecule has 0 radical (unpaired) electrons. The molecule has 2 spiro atoms. The van der Waals surface area contributed by atoms with Gasteiger partial charge >= 0.3 is 5.97 Å². The number of nitrogens with zero attached hydrogens (tertiary/aromatic N) is 6. The fraction of sp³-hybridized carbons (Fsp3) is 0.564. The fourth-order valence-corrected chi connectivity index (χ4v) is 12.1. The minimum absolute atomic E-state index is 0.0228. The first-order valence-corrected chi connectivity index (χ1v) is 22.3. The van der Waals surface area contributed by atoms with Crippen molar-refractivity contribution in [3.05, 3.63) is 66.0 Å². The Labute approximate surface area is 317 Å². The van der Waals surface area contributed by atoms with Gasteiger partial charge in [0.15, 0.2) is 13.9 Å². The summed E-state index contributed by atoms with van der Waals surface area (Å²) in [5, 5.41) is 21.2. The van der Waals surface area contributed by atoms with Crippen LogP contribution in [0.4, 0.5) is 17.1 Å². The number of carbonyl (C=O) groups excluding carboxylic acids is 3. The summed E-state index contributed by atoms with van der Waals surface area (Å²) in [4.78, 5) is 59.3. The number of aryl methyl sites for hydroxylation is 1. The zero-order valence-electron chi connectivity index (χ0n) is 31.7. The lowest BCUT2D eigenvalue weighted by Crippen LogP contribution is -2.55. The molecule has 0 aliphatic carbocycles. The fourth-order valence-electron chi connectivity index (χ4n) is 9.47. The van der Waals surface area contributed by atoms with Gasteiger partial charge in [0, 0.05) is 67.1 Å². The molecule has 4 atom stereocenters. The Morgan fingerprint density at radius 1 is 1.06 bits per heavy atom. The van der Waals surface area contributed by atoms with Gasteiger partial charge in [-0.3, -0.25) is 24.0 Å². The molecule has 4 aliphatic heterocycles. The molecular formula is C39H53N7O7Si. The Balaban J connectivity index is 1.26. The Morgan fingerprint density at radius 3 is 2.52 bits per heavy atom. The SMILES string of the molecule is COC(=O)CCCCN1C(=O)[C@@]2(O[C@@H](CCn3cc(CCO)nn3)[C@H]([Si](C)(C)O)[C@H]2C)c2cc(N3CN(c4ccccc4)C4(CCNCC4)C3=O)ccc21. The van der Waals surface area contributed by atoms with Crippen molar-refractivity contribution in [1.29, 1.82) is 0 Å². The topological polar surface area (TPSA) is 163 Å². The van der Waals surface area contributed by atoms with Crippen molar-refractivity contribution in [2.45, 2.75) is 94.3 Å². The lowest BCUT2D eigenvalue weighted by Gasteiger charge is -2.39. The number of esters is 1. The summed E-state index contributed by atoms with van der Waals surface area (Å²) >= 11 is 0. The molecule has 3 aromatic rings. The molecule has 3 saturated heterocycles. The van der Waals surface area contributed by atoms with Crippen molar-refractivity contribution < 1.29 is 33.8 Å². The van der Waals surface area contributed by atoms with Crippen LogP contribution in [0.3, 0.4) is 0 Å². The van der Waals surface area contributed by atoms with Crippen LogP contribution >= 0.6 is 0 Å². The number of nitrogens with one attached hydrogen (secondary N) is 1. The largest absolute Gasteiger partial charge is 0.469 e. The zero-order chi connectivity index (χ0) is 38.3. The van der Waals surface area contributed by atoms with E-state index in [1.807, 2.05) is 61.3 Å². The third-order valence-electron chi connectivity index (χ3n) is 12.1. The van der Waals surface area contributed by atoms with E-state index in [1.165, 1.54) is 7.11 Å². The number of benzene rings is 2. The number of carbonyl (C=O) groups is 3. The van der Waals surface area contributed by atoms with E-state index in [-0.39, 0.29) is 42.3 Å². The number of fused-ring (bicyclic) bond motifs is 2. The van der Waals surface area contributed by atoms with Crippen LogP contribution < -0.4 is 20.0 Å². The zero-order valence-corrected chi connectivity index (χ0v) is 32.7. The van der Waals surface area contributed by atoms with Crippen molar-refractivity contribution in [3.8, 4) is 0 Å². The molecule has 0 saturated carbocycles. The normalized spacial score (nSPS) is 25.0. The number of hydrogen-bond acceptors (Lipinski definition) is 11. The summed E-state index contributed by atoms with van der Waals surface area (Å²) in [7, 11) is -1.57. The van der Waals surface area contributed by atoms with Gasteiger partial charge < -0.3 is 34.5 Å². The highest BCUT2D eigenvalue weighted by Crippen LogP contribution is 2.60. The van der Waals surface area contributed by atoms with Crippen molar-refractivity contribution in [2.24, 2.45) is 5.92 Å². The van der Waals surface area contributed by atoms with Crippen LogP contribution in [0.1, 0.15) is 56.7 Å². The van der Waals surface area contributed by atoms with Crippen molar-refractivity contribution in [2.75, 3.05) is 54.7 Å². The van der Waals surface area contributed by atoms with Gasteiger partial charge in [-0.05, 0) is 88.6 Å². The average molecular weight is 760 g/mol. The minimum Gasteiger partial charge on any atom is -0.469 e. The van der Waals surface area contributed by atoms with E-state index in [4.69, 9.17) is 9.47 Å². The molecule has 4 aliphatic rings. The number of ether oxygens (including phenoxy) is 2. The third-order valence-corrected chi connectivity index (χ3v) is 14.6. The van der Waals surface area contributed by atoms with E-state index in [2.05, 4.69) is 32.7 Å².